The van der Waals surface area contributed by atoms with E-state index in [2.05, 4.69) is 10.3 Å². The summed E-state index contributed by atoms with van der Waals surface area (Å²) in [5.74, 6) is -0.188. The molecular weight excluding hydrogens is 250 g/mol. The molecule has 0 saturated carbocycles. The van der Waals surface area contributed by atoms with E-state index >= 15 is 0 Å². The topological polar surface area (TPSA) is 68.0 Å². The zero-order valence-electron chi connectivity index (χ0n) is 9.91. The Hall–Kier alpha value is -1.82. The third-order valence-corrected chi connectivity index (χ3v) is 3.08. The van der Waals surface area contributed by atoms with Gasteiger partial charge in [-0.25, -0.2) is 9.48 Å². The fraction of sp³-hybridized carbons (Fsp3) is 0.250. The monoisotopic (exact) mass is 263 g/mol. The number of thioether (sulfide) groups is 1. The molecule has 1 aromatic heterocycles. The smallest absolute Gasteiger partial charge is 0.358 e. The van der Waals surface area contributed by atoms with E-state index in [9.17, 15) is 4.79 Å². The quantitative estimate of drug-likeness (QED) is 0.893. The van der Waals surface area contributed by atoms with Crippen molar-refractivity contribution >= 4 is 17.7 Å². The van der Waals surface area contributed by atoms with Gasteiger partial charge in [-0.3, -0.25) is 0 Å². The van der Waals surface area contributed by atoms with Gasteiger partial charge in [0, 0.05) is 11.3 Å². The third-order valence-electron chi connectivity index (χ3n) is 2.49. The maximum absolute atomic E-state index is 11.2. The molecule has 6 heteroatoms. The number of rotatable bonds is 5. The average Bonchev–Trinajstić information content (AvgIpc) is 2.81. The number of benzene rings is 1. The van der Waals surface area contributed by atoms with Crippen molar-refractivity contribution < 1.29 is 9.90 Å². The van der Waals surface area contributed by atoms with Gasteiger partial charge < -0.3 is 5.11 Å². The SMILES string of the molecule is CSCCn1nnc(C(=O)O)c1-c1ccccc1. The maximum atomic E-state index is 11.2. The van der Waals surface area contributed by atoms with Crippen molar-refractivity contribution in [1.29, 1.82) is 0 Å². The number of nitrogens with zero attached hydrogens (tertiary/aromatic N) is 3. The van der Waals surface area contributed by atoms with Gasteiger partial charge in [0.1, 0.15) is 5.69 Å². The lowest BCUT2D eigenvalue weighted by molar-refractivity contribution is 0.0691. The van der Waals surface area contributed by atoms with E-state index in [1.54, 1.807) is 16.4 Å². The molecule has 0 unspecified atom stereocenters. The van der Waals surface area contributed by atoms with E-state index in [1.807, 2.05) is 36.6 Å². The predicted molar refractivity (Wildman–Crippen MR) is 70.8 cm³/mol. The van der Waals surface area contributed by atoms with Gasteiger partial charge in [-0.1, -0.05) is 35.5 Å². The number of aromatic nitrogens is 3. The summed E-state index contributed by atoms with van der Waals surface area (Å²) in [6, 6.07) is 9.35. The van der Waals surface area contributed by atoms with Gasteiger partial charge in [-0.2, -0.15) is 11.8 Å². The Morgan fingerprint density at radius 3 is 2.72 bits per heavy atom. The van der Waals surface area contributed by atoms with Crippen molar-refractivity contribution in [3.63, 3.8) is 0 Å². The first kappa shape index (κ1) is 12.6. The van der Waals surface area contributed by atoms with Crippen LogP contribution in [0.1, 0.15) is 10.5 Å². The Kier molecular flexibility index (Phi) is 3.99. The lowest BCUT2D eigenvalue weighted by Gasteiger charge is -2.06. The largest absolute Gasteiger partial charge is 0.476 e. The van der Waals surface area contributed by atoms with Gasteiger partial charge in [0.2, 0.25) is 0 Å². The van der Waals surface area contributed by atoms with Crippen LogP contribution >= 0.6 is 11.8 Å². The van der Waals surface area contributed by atoms with E-state index in [-0.39, 0.29) is 5.69 Å². The highest BCUT2D eigenvalue weighted by Gasteiger charge is 2.19. The Morgan fingerprint density at radius 2 is 2.11 bits per heavy atom. The standard InChI is InChI=1S/C12H13N3O2S/c1-18-8-7-15-11(9-5-3-2-4-6-9)10(12(16)17)13-14-15/h2-6H,7-8H2,1H3,(H,16,17). The normalized spacial score (nSPS) is 10.5. The lowest BCUT2D eigenvalue weighted by Crippen LogP contribution is -2.06. The van der Waals surface area contributed by atoms with Crippen LogP contribution in [0.2, 0.25) is 0 Å². The zero-order valence-corrected chi connectivity index (χ0v) is 10.7. The van der Waals surface area contributed by atoms with Crippen molar-refractivity contribution in [3.05, 3.63) is 36.0 Å². The summed E-state index contributed by atoms with van der Waals surface area (Å²) in [5.41, 5.74) is 1.39. The Bertz CT molecular complexity index is 540. The molecule has 0 radical (unpaired) electrons. The van der Waals surface area contributed by atoms with Crippen LogP contribution in [0, 0.1) is 0 Å². The molecule has 0 aliphatic rings. The summed E-state index contributed by atoms with van der Waals surface area (Å²) >= 11 is 1.68. The minimum Gasteiger partial charge on any atom is -0.476 e. The summed E-state index contributed by atoms with van der Waals surface area (Å²) in [5, 5.41) is 16.8. The number of hydrogen-bond acceptors (Lipinski definition) is 4. The van der Waals surface area contributed by atoms with Gasteiger partial charge in [0.25, 0.3) is 0 Å². The van der Waals surface area contributed by atoms with Gasteiger partial charge in [-0.05, 0) is 6.26 Å². The van der Waals surface area contributed by atoms with Crippen molar-refractivity contribution in [2.45, 2.75) is 6.54 Å². The Labute approximate surface area is 109 Å². The minimum atomic E-state index is -1.05. The highest BCUT2D eigenvalue weighted by atomic mass is 32.2. The summed E-state index contributed by atoms with van der Waals surface area (Å²) in [4.78, 5) is 11.2. The first-order chi connectivity index (χ1) is 8.74. The molecule has 1 aromatic carbocycles. The number of aromatic carboxylic acids is 1. The maximum Gasteiger partial charge on any atom is 0.358 e. The molecule has 0 bridgehead atoms. The van der Waals surface area contributed by atoms with Crippen LogP contribution in [-0.4, -0.2) is 38.1 Å². The van der Waals surface area contributed by atoms with Crippen molar-refractivity contribution in [2.24, 2.45) is 0 Å². The van der Waals surface area contributed by atoms with Gasteiger partial charge >= 0.3 is 5.97 Å². The molecular formula is C12H13N3O2S. The molecule has 0 aliphatic carbocycles. The lowest BCUT2D eigenvalue weighted by atomic mass is 10.1. The molecule has 18 heavy (non-hydrogen) atoms. The number of carbonyl (C=O) groups is 1. The van der Waals surface area contributed by atoms with Gasteiger partial charge in [0.15, 0.2) is 5.69 Å². The van der Waals surface area contributed by atoms with Gasteiger partial charge in [0.05, 0.1) is 6.54 Å². The highest BCUT2D eigenvalue weighted by molar-refractivity contribution is 7.98. The molecule has 0 saturated heterocycles. The average molecular weight is 263 g/mol. The van der Waals surface area contributed by atoms with E-state index in [0.717, 1.165) is 11.3 Å². The Morgan fingerprint density at radius 1 is 1.39 bits per heavy atom. The molecule has 0 spiro atoms. The molecule has 2 aromatic rings. The molecule has 1 heterocycles. The highest BCUT2D eigenvalue weighted by Crippen LogP contribution is 2.22. The zero-order chi connectivity index (χ0) is 13.0. The minimum absolute atomic E-state index is 0.00213. The van der Waals surface area contributed by atoms with Crippen LogP contribution in [0.3, 0.4) is 0 Å². The van der Waals surface area contributed by atoms with Crippen molar-refractivity contribution in [3.8, 4) is 11.3 Å². The van der Waals surface area contributed by atoms with Crippen LogP contribution in [0.15, 0.2) is 30.3 Å². The fourth-order valence-electron chi connectivity index (χ4n) is 1.67. The second kappa shape index (κ2) is 5.68. The van der Waals surface area contributed by atoms with Crippen molar-refractivity contribution in [1.82, 2.24) is 15.0 Å². The van der Waals surface area contributed by atoms with E-state index < -0.39 is 5.97 Å². The molecule has 0 amide bonds. The molecule has 2 rings (SSSR count). The van der Waals surface area contributed by atoms with Crippen LogP contribution in [0.25, 0.3) is 11.3 Å². The summed E-state index contributed by atoms with van der Waals surface area (Å²) in [6.07, 6.45) is 2.00. The second-order valence-corrected chi connectivity index (χ2v) is 4.66. The van der Waals surface area contributed by atoms with Crippen molar-refractivity contribution in [2.75, 3.05) is 12.0 Å². The number of hydrogen-bond donors (Lipinski definition) is 1. The molecule has 0 atom stereocenters. The first-order valence-corrected chi connectivity index (χ1v) is 6.84. The van der Waals surface area contributed by atoms with E-state index in [4.69, 9.17) is 5.11 Å². The molecule has 1 N–H and O–H groups in total. The molecule has 5 nitrogen and oxygen atoms in total. The number of carboxylic acids is 1. The second-order valence-electron chi connectivity index (χ2n) is 3.67. The van der Waals surface area contributed by atoms with Crippen LogP contribution in [0.5, 0.6) is 0 Å². The Balaban J connectivity index is 2.47. The van der Waals surface area contributed by atoms with Crippen LogP contribution < -0.4 is 0 Å². The summed E-state index contributed by atoms with van der Waals surface area (Å²) < 4.78 is 1.65. The van der Waals surface area contributed by atoms with E-state index in [1.165, 1.54) is 0 Å². The predicted octanol–water partition coefficient (Wildman–Crippen LogP) is 2.01. The summed E-state index contributed by atoms with van der Waals surface area (Å²) in [6.45, 7) is 0.645. The third kappa shape index (κ3) is 2.53. The van der Waals surface area contributed by atoms with E-state index in [0.29, 0.717) is 12.2 Å². The van der Waals surface area contributed by atoms with Crippen LogP contribution in [0.4, 0.5) is 0 Å². The van der Waals surface area contributed by atoms with Crippen LogP contribution in [-0.2, 0) is 6.54 Å². The molecule has 0 aliphatic heterocycles. The number of carboxylic acid groups (broad SMARTS) is 1. The molecule has 0 fully saturated rings. The summed E-state index contributed by atoms with van der Waals surface area (Å²) in [7, 11) is 0. The van der Waals surface area contributed by atoms with Gasteiger partial charge in [-0.15, -0.1) is 5.10 Å². The fourth-order valence-corrected chi connectivity index (χ4v) is 2.03. The molecule has 94 valence electrons. The first-order valence-electron chi connectivity index (χ1n) is 5.45. The number of aryl methyl sites for hydroxylation is 1.